The van der Waals surface area contributed by atoms with Crippen molar-refractivity contribution in [3.8, 4) is 33.3 Å². The molecule has 1 N–H and O–H groups in total. The van der Waals surface area contributed by atoms with Gasteiger partial charge in [0, 0.05) is 22.1 Å². The largest absolute Gasteiger partial charge is 0.497 e. The summed E-state index contributed by atoms with van der Waals surface area (Å²) >= 11 is 1.21. The minimum absolute atomic E-state index is 0.127. The average Bonchev–Trinajstić information content (AvgIpc) is 3.46. The van der Waals surface area contributed by atoms with E-state index in [2.05, 4.69) is 20.6 Å². The zero-order chi connectivity index (χ0) is 21.1. The maximum atomic E-state index is 13.0. The van der Waals surface area contributed by atoms with Gasteiger partial charge in [0.2, 0.25) is 5.82 Å². The minimum Gasteiger partial charge on any atom is -0.497 e. The number of sulfone groups is 1. The van der Waals surface area contributed by atoms with Crippen molar-refractivity contribution in [2.24, 2.45) is 0 Å². The Kier molecular flexibility index (Phi) is 5.51. The van der Waals surface area contributed by atoms with Gasteiger partial charge in [-0.05, 0) is 41.1 Å². The number of hydrogen-bond donors (Lipinski definition) is 1. The van der Waals surface area contributed by atoms with Crippen LogP contribution < -0.4 is 9.47 Å². The van der Waals surface area contributed by atoms with Crippen LogP contribution in [0, 0.1) is 0 Å². The number of hydrogen-bond acceptors (Lipinski definition) is 8. The van der Waals surface area contributed by atoms with Gasteiger partial charge in [0.15, 0.2) is 9.84 Å². The van der Waals surface area contributed by atoms with Crippen LogP contribution in [0.25, 0.3) is 21.8 Å². The maximum Gasteiger partial charge on any atom is 0.204 e. The Morgan fingerprint density at radius 3 is 2.63 bits per heavy atom. The molecular formula is C20H18N4O4S2. The van der Waals surface area contributed by atoms with Gasteiger partial charge in [-0.15, -0.1) is 21.5 Å². The van der Waals surface area contributed by atoms with Crippen molar-refractivity contribution in [1.82, 2.24) is 20.6 Å². The fourth-order valence-electron chi connectivity index (χ4n) is 3.01. The molecule has 0 bridgehead atoms. The van der Waals surface area contributed by atoms with Crippen LogP contribution in [0.15, 0.2) is 58.8 Å². The molecule has 2 aromatic carbocycles. The van der Waals surface area contributed by atoms with Gasteiger partial charge in [0.25, 0.3) is 0 Å². The predicted octanol–water partition coefficient (Wildman–Crippen LogP) is 3.59. The molecule has 30 heavy (non-hydrogen) atoms. The van der Waals surface area contributed by atoms with Gasteiger partial charge in [0.05, 0.1) is 20.0 Å². The number of tetrazole rings is 1. The van der Waals surface area contributed by atoms with Crippen molar-refractivity contribution in [1.29, 1.82) is 0 Å². The van der Waals surface area contributed by atoms with E-state index in [1.165, 1.54) is 11.3 Å². The highest BCUT2D eigenvalue weighted by Crippen LogP contribution is 2.39. The number of nitrogens with one attached hydrogen (secondary N) is 1. The van der Waals surface area contributed by atoms with Crippen LogP contribution in [0.3, 0.4) is 0 Å². The van der Waals surface area contributed by atoms with E-state index < -0.39 is 9.84 Å². The first-order valence-electron chi connectivity index (χ1n) is 8.88. The first kappa shape index (κ1) is 20.0. The number of thiophene rings is 1. The molecule has 4 rings (SSSR count). The molecular weight excluding hydrogens is 424 g/mol. The number of methoxy groups -OCH3 is 2. The van der Waals surface area contributed by atoms with E-state index in [9.17, 15) is 8.42 Å². The molecule has 2 aromatic heterocycles. The van der Waals surface area contributed by atoms with Crippen molar-refractivity contribution in [3.05, 3.63) is 60.2 Å². The second-order valence-corrected chi connectivity index (χ2v) is 9.68. The molecule has 2 heterocycles. The van der Waals surface area contributed by atoms with Crippen LogP contribution >= 0.6 is 11.3 Å². The zero-order valence-corrected chi connectivity index (χ0v) is 17.8. The Hall–Kier alpha value is -3.24. The van der Waals surface area contributed by atoms with Crippen LogP contribution in [-0.2, 0) is 15.6 Å². The summed E-state index contributed by atoms with van der Waals surface area (Å²) in [5.74, 6) is 1.58. The maximum absolute atomic E-state index is 13.0. The first-order chi connectivity index (χ1) is 14.5. The van der Waals surface area contributed by atoms with E-state index in [0.29, 0.717) is 32.7 Å². The summed E-state index contributed by atoms with van der Waals surface area (Å²) in [4.78, 5) is 0.800. The lowest BCUT2D eigenvalue weighted by atomic mass is 10.1. The monoisotopic (exact) mass is 442 g/mol. The van der Waals surface area contributed by atoms with Gasteiger partial charge in [-0.1, -0.05) is 18.2 Å². The number of nitrogens with zero attached hydrogens (tertiary/aromatic N) is 3. The van der Waals surface area contributed by atoms with Crippen molar-refractivity contribution in [2.75, 3.05) is 14.2 Å². The molecule has 8 nitrogen and oxygen atoms in total. The van der Waals surface area contributed by atoms with E-state index in [4.69, 9.17) is 9.47 Å². The van der Waals surface area contributed by atoms with Gasteiger partial charge in [-0.3, -0.25) is 0 Å². The molecule has 0 atom stereocenters. The van der Waals surface area contributed by atoms with Gasteiger partial charge in [0.1, 0.15) is 15.7 Å². The summed E-state index contributed by atoms with van der Waals surface area (Å²) in [6.07, 6.45) is 0. The highest BCUT2D eigenvalue weighted by Gasteiger charge is 2.20. The smallest absolute Gasteiger partial charge is 0.204 e. The second-order valence-electron chi connectivity index (χ2n) is 6.38. The molecule has 4 aromatic rings. The third-order valence-corrected chi connectivity index (χ3v) is 7.84. The number of aromatic amines is 1. The van der Waals surface area contributed by atoms with E-state index in [0.717, 1.165) is 10.4 Å². The lowest BCUT2D eigenvalue weighted by Gasteiger charge is -2.09. The Morgan fingerprint density at radius 2 is 1.90 bits per heavy atom. The van der Waals surface area contributed by atoms with Crippen LogP contribution in [0.2, 0.25) is 0 Å². The van der Waals surface area contributed by atoms with Gasteiger partial charge < -0.3 is 9.47 Å². The van der Waals surface area contributed by atoms with E-state index in [1.807, 2.05) is 12.1 Å². The quantitative estimate of drug-likeness (QED) is 0.466. The number of rotatable bonds is 7. The summed E-state index contributed by atoms with van der Waals surface area (Å²) in [6, 6.07) is 16.0. The van der Waals surface area contributed by atoms with Crippen LogP contribution in [0.5, 0.6) is 11.5 Å². The summed E-state index contributed by atoms with van der Waals surface area (Å²) in [6.45, 7) is 0. The Bertz CT molecular complexity index is 1270. The molecule has 0 radical (unpaired) electrons. The van der Waals surface area contributed by atoms with Gasteiger partial charge >= 0.3 is 0 Å². The molecule has 0 aliphatic heterocycles. The van der Waals surface area contributed by atoms with Crippen LogP contribution in [0.1, 0.15) is 5.56 Å². The van der Waals surface area contributed by atoms with Crippen molar-refractivity contribution in [3.63, 3.8) is 0 Å². The first-order valence-corrected chi connectivity index (χ1v) is 11.3. The van der Waals surface area contributed by atoms with Gasteiger partial charge in [-0.25, -0.2) is 8.42 Å². The highest BCUT2D eigenvalue weighted by molar-refractivity contribution is 7.92. The average molecular weight is 443 g/mol. The van der Waals surface area contributed by atoms with Crippen LogP contribution in [-0.4, -0.2) is 43.3 Å². The number of aromatic nitrogens is 4. The normalized spacial score (nSPS) is 11.4. The standard InChI is InChI=1S/C20H18N4O4S2/c1-27-15-6-7-16(17(11-15)28-2)18-8-9-19(29-18)30(25,26)12-13-4-3-5-14(10-13)20-21-23-24-22-20/h3-11H,12H2,1-2H3,(H,21,22,23,24). The molecule has 0 fully saturated rings. The van der Waals surface area contributed by atoms with E-state index in [1.54, 1.807) is 56.7 Å². The second kappa shape index (κ2) is 8.25. The molecule has 0 amide bonds. The molecule has 0 aliphatic carbocycles. The van der Waals surface area contributed by atoms with E-state index >= 15 is 0 Å². The SMILES string of the molecule is COc1ccc(-c2ccc(S(=O)(=O)Cc3cccc(-c4nn[nH]n4)c3)s2)c(OC)c1. The number of benzene rings is 2. The summed E-state index contributed by atoms with van der Waals surface area (Å²) in [7, 11) is -0.379. The summed E-state index contributed by atoms with van der Waals surface area (Å²) in [5, 5.41) is 13.8. The van der Waals surface area contributed by atoms with Crippen molar-refractivity contribution < 1.29 is 17.9 Å². The molecule has 0 aliphatic rings. The summed E-state index contributed by atoms with van der Waals surface area (Å²) < 4.78 is 37.0. The van der Waals surface area contributed by atoms with Crippen molar-refractivity contribution in [2.45, 2.75) is 9.96 Å². The zero-order valence-electron chi connectivity index (χ0n) is 16.2. The Balaban J connectivity index is 1.61. The predicted molar refractivity (Wildman–Crippen MR) is 113 cm³/mol. The topological polar surface area (TPSA) is 107 Å². The molecule has 10 heteroatoms. The van der Waals surface area contributed by atoms with Crippen LogP contribution in [0.4, 0.5) is 0 Å². The Morgan fingerprint density at radius 1 is 1.03 bits per heavy atom. The third kappa shape index (κ3) is 4.05. The fourth-order valence-corrected chi connectivity index (χ4v) is 5.77. The number of H-pyrrole nitrogens is 1. The molecule has 154 valence electrons. The molecule has 0 saturated heterocycles. The highest BCUT2D eigenvalue weighted by atomic mass is 32.2. The molecule has 0 saturated carbocycles. The Labute approximate surface area is 177 Å². The molecule has 0 unspecified atom stereocenters. The summed E-state index contributed by atoms with van der Waals surface area (Å²) in [5.41, 5.74) is 2.16. The third-order valence-electron chi connectivity index (χ3n) is 4.45. The van der Waals surface area contributed by atoms with E-state index in [-0.39, 0.29) is 5.75 Å². The fraction of sp³-hybridized carbons (Fsp3) is 0.150. The lowest BCUT2D eigenvalue weighted by molar-refractivity contribution is 0.395. The van der Waals surface area contributed by atoms with Gasteiger partial charge in [-0.2, -0.15) is 5.21 Å². The molecule has 0 spiro atoms. The lowest BCUT2D eigenvalue weighted by Crippen LogP contribution is -2.03. The van der Waals surface area contributed by atoms with Crippen molar-refractivity contribution >= 4 is 21.2 Å². The number of ether oxygens (including phenoxy) is 2. The minimum atomic E-state index is -3.53.